The largest absolute Gasteiger partial charge is 0.305 e. The van der Waals surface area contributed by atoms with E-state index in [9.17, 15) is 0 Å². The Kier molecular flexibility index (Phi) is 3.96. The first kappa shape index (κ1) is 13.7. The number of rotatable bonds is 1. The van der Waals surface area contributed by atoms with Crippen molar-refractivity contribution >= 4 is 18.1 Å². The molecule has 3 nitrogen and oxygen atoms in total. The van der Waals surface area contributed by atoms with Crippen molar-refractivity contribution in [3.05, 3.63) is 59.2 Å². The van der Waals surface area contributed by atoms with Gasteiger partial charge < -0.3 is 5.41 Å². The molecule has 2 heterocycles. The van der Waals surface area contributed by atoms with Crippen LogP contribution in [0.2, 0.25) is 0 Å². The van der Waals surface area contributed by atoms with Crippen molar-refractivity contribution in [1.82, 2.24) is 9.97 Å². The molecular formula is C15H16ClN3. The van der Waals surface area contributed by atoms with Crippen LogP contribution in [0.5, 0.6) is 0 Å². The number of halogens is 1. The Morgan fingerprint density at radius 2 is 1.95 bits per heavy atom. The van der Waals surface area contributed by atoms with Gasteiger partial charge in [-0.05, 0) is 43.5 Å². The lowest BCUT2D eigenvalue weighted by Crippen LogP contribution is -2.21. The van der Waals surface area contributed by atoms with Gasteiger partial charge in [-0.1, -0.05) is 6.07 Å². The summed E-state index contributed by atoms with van der Waals surface area (Å²) in [7, 11) is 0. The lowest BCUT2D eigenvalue weighted by molar-refractivity contribution is 0.657. The SMILES string of the molecule is Cc1ccnc2c1C(=N)CC(c1ccccn1)C2.Cl. The molecule has 0 spiro atoms. The number of fused-ring (bicyclic) bond motifs is 1. The van der Waals surface area contributed by atoms with Gasteiger partial charge in [0.25, 0.3) is 0 Å². The zero-order chi connectivity index (χ0) is 12.5. The maximum absolute atomic E-state index is 8.22. The third kappa shape index (κ3) is 2.51. The van der Waals surface area contributed by atoms with Gasteiger partial charge in [0.05, 0.1) is 5.69 Å². The maximum atomic E-state index is 8.22. The molecule has 1 atom stereocenters. The Bertz CT molecular complexity index is 596. The summed E-state index contributed by atoms with van der Waals surface area (Å²) in [4.78, 5) is 8.85. The van der Waals surface area contributed by atoms with Gasteiger partial charge in [0, 0.05) is 35.3 Å². The summed E-state index contributed by atoms with van der Waals surface area (Å²) < 4.78 is 0. The number of hydrogen-bond acceptors (Lipinski definition) is 3. The number of aromatic nitrogens is 2. The zero-order valence-corrected chi connectivity index (χ0v) is 11.6. The van der Waals surface area contributed by atoms with Crippen molar-refractivity contribution in [2.45, 2.75) is 25.7 Å². The van der Waals surface area contributed by atoms with E-state index in [0.29, 0.717) is 11.6 Å². The highest BCUT2D eigenvalue weighted by Crippen LogP contribution is 2.31. The Morgan fingerprint density at radius 3 is 2.68 bits per heavy atom. The van der Waals surface area contributed by atoms with Crippen molar-refractivity contribution in [1.29, 1.82) is 5.41 Å². The summed E-state index contributed by atoms with van der Waals surface area (Å²) in [6.07, 6.45) is 5.30. The number of aryl methyl sites for hydroxylation is 1. The minimum atomic E-state index is 0. The second-order valence-corrected chi connectivity index (χ2v) is 4.79. The smallest absolute Gasteiger partial charge is 0.0503 e. The highest BCUT2D eigenvalue weighted by Gasteiger charge is 2.26. The molecule has 0 bridgehead atoms. The van der Waals surface area contributed by atoms with Gasteiger partial charge in [0.2, 0.25) is 0 Å². The normalized spacial score (nSPS) is 17.5. The van der Waals surface area contributed by atoms with E-state index in [2.05, 4.69) is 16.9 Å². The fourth-order valence-electron chi connectivity index (χ4n) is 2.66. The van der Waals surface area contributed by atoms with E-state index < -0.39 is 0 Å². The van der Waals surface area contributed by atoms with Crippen LogP contribution >= 0.6 is 12.4 Å². The van der Waals surface area contributed by atoms with Crippen LogP contribution < -0.4 is 0 Å². The average Bonchev–Trinajstić information content (AvgIpc) is 2.39. The van der Waals surface area contributed by atoms with Crippen LogP contribution in [-0.2, 0) is 6.42 Å². The van der Waals surface area contributed by atoms with E-state index in [1.807, 2.05) is 36.7 Å². The lowest BCUT2D eigenvalue weighted by Gasteiger charge is -2.25. The molecule has 1 N–H and O–H groups in total. The minimum Gasteiger partial charge on any atom is -0.305 e. The Balaban J connectivity index is 0.00000133. The summed E-state index contributed by atoms with van der Waals surface area (Å²) in [6.45, 7) is 2.05. The number of pyridine rings is 2. The molecule has 98 valence electrons. The van der Waals surface area contributed by atoms with Crippen molar-refractivity contribution in [3.8, 4) is 0 Å². The van der Waals surface area contributed by atoms with Gasteiger partial charge in [0.1, 0.15) is 0 Å². The van der Waals surface area contributed by atoms with Crippen LogP contribution in [0.1, 0.15) is 34.9 Å². The first-order chi connectivity index (χ1) is 8.75. The molecular weight excluding hydrogens is 258 g/mol. The number of nitrogens with one attached hydrogen (secondary N) is 1. The van der Waals surface area contributed by atoms with Crippen molar-refractivity contribution < 1.29 is 0 Å². The third-order valence-corrected chi connectivity index (χ3v) is 3.54. The Hall–Kier alpha value is -1.74. The van der Waals surface area contributed by atoms with E-state index in [0.717, 1.165) is 35.4 Å². The molecule has 1 unspecified atom stereocenters. The quantitative estimate of drug-likeness (QED) is 0.867. The van der Waals surface area contributed by atoms with Crippen molar-refractivity contribution in [2.75, 3.05) is 0 Å². The maximum Gasteiger partial charge on any atom is 0.0503 e. The number of nitrogens with zero attached hydrogens (tertiary/aromatic N) is 2. The molecule has 0 fully saturated rings. The molecule has 4 heteroatoms. The molecule has 1 aliphatic carbocycles. The summed E-state index contributed by atoms with van der Waals surface area (Å²) >= 11 is 0. The van der Waals surface area contributed by atoms with Gasteiger partial charge in [0.15, 0.2) is 0 Å². The predicted octanol–water partition coefficient (Wildman–Crippen LogP) is 3.30. The molecule has 0 aromatic carbocycles. The molecule has 2 aromatic rings. The first-order valence-corrected chi connectivity index (χ1v) is 6.19. The number of hydrogen-bond donors (Lipinski definition) is 1. The summed E-state index contributed by atoms with van der Waals surface area (Å²) in [5.41, 5.74) is 5.00. The van der Waals surface area contributed by atoms with E-state index in [1.165, 1.54) is 0 Å². The highest BCUT2D eigenvalue weighted by atomic mass is 35.5. The van der Waals surface area contributed by atoms with Crippen LogP contribution in [0.15, 0.2) is 36.7 Å². The fraction of sp³-hybridized carbons (Fsp3) is 0.267. The van der Waals surface area contributed by atoms with E-state index in [-0.39, 0.29) is 12.4 Å². The van der Waals surface area contributed by atoms with Crippen molar-refractivity contribution in [2.24, 2.45) is 0 Å². The van der Waals surface area contributed by atoms with Crippen LogP contribution in [0, 0.1) is 12.3 Å². The van der Waals surface area contributed by atoms with Crippen LogP contribution in [-0.4, -0.2) is 15.7 Å². The highest BCUT2D eigenvalue weighted by molar-refractivity contribution is 6.01. The zero-order valence-electron chi connectivity index (χ0n) is 10.8. The minimum absolute atomic E-state index is 0. The monoisotopic (exact) mass is 273 g/mol. The van der Waals surface area contributed by atoms with Crippen LogP contribution in [0.4, 0.5) is 0 Å². The molecule has 1 aliphatic rings. The molecule has 0 saturated heterocycles. The van der Waals surface area contributed by atoms with E-state index >= 15 is 0 Å². The molecule has 3 rings (SSSR count). The van der Waals surface area contributed by atoms with E-state index in [4.69, 9.17) is 5.41 Å². The topological polar surface area (TPSA) is 49.6 Å². The standard InChI is InChI=1S/C15H15N3.ClH/c1-10-5-7-18-14-9-11(8-12(16)15(10)14)13-4-2-3-6-17-13;/h2-7,11,16H,8-9H2,1H3;1H. The van der Waals surface area contributed by atoms with Crippen LogP contribution in [0.25, 0.3) is 0 Å². The van der Waals surface area contributed by atoms with Gasteiger partial charge in [-0.3, -0.25) is 9.97 Å². The first-order valence-electron chi connectivity index (χ1n) is 6.19. The molecule has 19 heavy (non-hydrogen) atoms. The third-order valence-electron chi connectivity index (χ3n) is 3.54. The second kappa shape index (κ2) is 5.49. The molecule has 0 amide bonds. The summed E-state index contributed by atoms with van der Waals surface area (Å²) in [5.74, 6) is 0.292. The van der Waals surface area contributed by atoms with Crippen LogP contribution in [0.3, 0.4) is 0 Å². The van der Waals surface area contributed by atoms with Crippen molar-refractivity contribution in [3.63, 3.8) is 0 Å². The predicted molar refractivity (Wildman–Crippen MR) is 78.3 cm³/mol. The Labute approximate surface area is 119 Å². The average molecular weight is 274 g/mol. The summed E-state index contributed by atoms with van der Waals surface area (Å²) in [5, 5.41) is 8.22. The molecule has 0 aliphatic heterocycles. The van der Waals surface area contributed by atoms with E-state index in [1.54, 1.807) is 0 Å². The molecule has 2 aromatic heterocycles. The van der Waals surface area contributed by atoms with Gasteiger partial charge in [-0.25, -0.2) is 0 Å². The van der Waals surface area contributed by atoms with Gasteiger partial charge >= 0.3 is 0 Å². The Morgan fingerprint density at radius 1 is 1.11 bits per heavy atom. The molecule has 0 radical (unpaired) electrons. The summed E-state index contributed by atoms with van der Waals surface area (Å²) in [6, 6.07) is 7.95. The van der Waals surface area contributed by atoms with Gasteiger partial charge in [-0.15, -0.1) is 12.4 Å². The lowest BCUT2D eigenvalue weighted by atomic mass is 9.82. The molecule has 0 saturated carbocycles. The fourth-order valence-corrected chi connectivity index (χ4v) is 2.66. The van der Waals surface area contributed by atoms with Gasteiger partial charge in [-0.2, -0.15) is 0 Å². The second-order valence-electron chi connectivity index (χ2n) is 4.79.